The van der Waals surface area contributed by atoms with E-state index in [1.807, 2.05) is 32.0 Å². The first kappa shape index (κ1) is 10.3. The van der Waals surface area contributed by atoms with Gasteiger partial charge in [0.05, 0.1) is 11.6 Å². The quantitative estimate of drug-likeness (QED) is 0.668. The molecule has 2 atom stereocenters. The van der Waals surface area contributed by atoms with Crippen molar-refractivity contribution in [3.8, 4) is 0 Å². The standard InChI is InChI=1S/C12H13F2N/c1-7-3-4-9-8(2)10(12(13)14)6-15-11(9)5-7/h3-6,8,10,12H,1-2H3. The maximum Gasteiger partial charge on any atom is 0.246 e. The van der Waals surface area contributed by atoms with Gasteiger partial charge in [-0.15, -0.1) is 0 Å². The first-order valence-electron chi connectivity index (χ1n) is 5.02. The van der Waals surface area contributed by atoms with Crippen molar-refractivity contribution in [2.45, 2.75) is 26.2 Å². The molecule has 3 heteroatoms. The van der Waals surface area contributed by atoms with Crippen LogP contribution in [0.3, 0.4) is 0 Å². The fourth-order valence-electron chi connectivity index (χ4n) is 1.94. The van der Waals surface area contributed by atoms with Gasteiger partial charge in [0.25, 0.3) is 0 Å². The highest BCUT2D eigenvalue weighted by Gasteiger charge is 2.30. The van der Waals surface area contributed by atoms with Crippen LogP contribution in [0.1, 0.15) is 24.0 Å². The van der Waals surface area contributed by atoms with Crippen LogP contribution in [0.2, 0.25) is 0 Å². The Hall–Kier alpha value is -1.25. The van der Waals surface area contributed by atoms with Crippen LogP contribution in [-0.2, 0) is 0 Å². The van der Waals surface area contributed by atoms with Crippen molar-refractivity contribution in [3.05, 3.63) is 29.3 Å². The lowest BCUT2D eigenvalue weighted by molar-refractivity contribution is 0.0999. The molecule has 2 unspecified atom stereocenters. The number of rotatable bonds is 1. The number of fused-ring (bicyclic) bond motifs is 1. The van der Waals surface area contributed by atoms with Gasteiger partial charge in [-0.3, -0.25) is 4.99 Å². The van der Waals surface area contributed by atoms with Crippen LogP contribution in [0.4, 0.5) is 14.5 Å². The van der Waals surface area contributed by atoms with E-state index in [-0.39, 0.29) is 5.92 Å². The molecule has 0 aliphatic carbocycles. The molecule has 0 saturated heterocycles. The Kier molecular flexibility index (Phi) is 2.55. The van der Waals surface area contributed by atoms with E-state index in [1.165, 1.54) is 6.21 Å². The second kappa shape index (κ2) is 3.72. The minimum Gasteiger partial charge on any atom is -0.260 e. The van der Waals surface area contributed by atoms with Crippen molar-refractivity contribution in [2.24, 2.45) is 10.9 Å². The van der Waals surface area contributed by atoms with E-state index in [0.717, 1.165) is 16.8 Å². The number of alkyl halides is 2. The van der Waals surface area contributed by atoms with E-state index in [0.29, 0.717) is 0 Å². The van der Waals surface area contributed by atoms with Gasteiger partial charge in [0.15, 0.2) is 0 Å². The summed E-state index contributed by atoms with van der Waals surface area (Å²) in [6.45, 7) is 3.80. The maximum atomic E-state index is 12.7. The summed E-state index contributed by atoms with van der Waals surface area (Å²) in [6, 6.07) is 5.78. The maximum absolute atomic E-state index is 12.7. The predicted octanol–water partition coefficient (Wildman–Crippen LogP) is 3.70. The lowest BCUT2D eigenvalue weighted by Gasteiger charge is -2.25. The predicted molar refractivity (Wildman–Crippen MR) is 57.2 cm³/mol. The molecule has 0 aromatic heterocycles. The Balaban J connectivity index is 2.42. The van der Waals surface area contributed by atoms with Crippen LogP contribution in [0, 0.1) is 12.8 Å². The van der Waals surface area contributed by atoms with E-state index in [2.05, 4.69) is 4.99 Å². The molecular weight excluding hydrogens is 196 g/mol. The molecule has 1 nitrogen and oxygen atoms in total. The van der Waals surface area contributed by atoms with Gasteiger partial charge in [-0.05, 0) is 30.0 Å². The van der Waals surface area contributed by atoms with Crippen LogP contribution in [0.15, 0.2) is 23.2 Å². The zero-order valence-corrected chi connectivity index (χ0v) is 8.74. The second-order valence-electron chi connectivity index (χ2n) is 4.04. The summed E-state index contributed by atoms with van der Waals surface area (Å²) < 4.78 is 25.3. The third-order valence-electron chi connectivity index (χ3n) is 2.93. The molecule has 15 heavy (non-hydrogen) atoms. The number of hydrogen-bond acceptors (Lipinski definition) is 1. The molecule has 0 saturated carbocycles. The zero-order chi connectivity index (χ0) is 11.0. The van der Waals surface area contributed by atoms with E-state index in [9.17, 15) is 8.78 Å². The molecule has 2 rings (SSSR count). The Morgan fingerprint density at radius 2 is 2.07 bits per heavy atom. The van der Waals surface area contributed by atoms with Crippen molar-refractivity contribution < 1.29 is 8.78 Å². The van der Waals surface area contributed by atoms with Gasteiger partial charge in [-0.25, -0.2) is 8.78 Å². The summed E-state index contributed by atoms with van der Waals surface area (Å²) in [4.78, 5) is 4.10. The minimum atomic E-state index is -2.33. The molecule has 1 aliphatic rings. The van der Waals surface area contributed by atoms with Crippen molar-refractivity contribution in [1.29, 1.82) is 0 Å². The number of hydrogen-bond donors (Lipinski definition) is 0. The van der Waals surface area contributed by atoms with Gasteiger partial charge in [0.1, 0.15) is 0 Å². The van der Waals surface area contributed by atoms with Crippen LogP contribution in [0.5, 0.6) is 0 Å². The highest BCUT2D eigenvalue weighted by Crippen LogP contribution is 2.38. The van der Waals surface area contributed by atoms with Crippen molar-refractivity contribution >= 4 is 11.9 Å². The van der Waals surface area contributed by atoms with Crippen LogP contribution in [0.25, 0.3) is 0 Å². The second-order valence-corrected chi connectivity index (χ2v) is 4.04. The van der Waals surface area contributed by atoms with E-state index in [4.69, 9.17) is 0 Å². The van der Waals surface area contributed by atoms with Crippen LogP contribution >= 0.6 is 0 Å². The molecule has 1 aliphatic heterocycles. The zero-order valence-electron chi connectivity index (χ0n) is 8.74. The summed E-state index contributed by atoms with van der Waals surface area (Å²) in [6.07, 6.45) is -0.949. The van der Waals surface area contributed by atoms with E-state index < -0.39 is 12.3 Å². The lowest BCUT2D eigenvalue weighted by atomic mass is 9.85. The monoisotopic (exact) mass is 209 g/mol. The fourth-order valence-corrected chi connectivity index (χ4v) is 1.94. The third-order valence-corrected chi connectivity index (χ3v) is 2.93. The first-order chi connectivity index (χ1) is 7.09. The Morgan fingerprint density at radius 3 is 2.73 bits per heavy atom. The molecule has 80 valence electrons. The summed E-state index contributed by atoms with van der Waals surface area (Å²) in [5.41, 5.74) is 2.86. The number of nitrogens with zero attached hydrogens (tertiary/aromatic N) is 1. The average Bonchev–Trinajstić information content (AvgIpc) is 2.17. The summed E-state index contributed by atoms with van der Waals surface area (Å²) in [7, 11) is 0. The molecule has 0 amide bonds. The minimum absolute atomic E-state index is 0.155. The van der Waals surface area contributed by atoms with Gasteiger partial charge in [-0.2, -0.15) is 0 Å². The van der Waals surface area contributed by atoms with Gasteiger partial charge in [0, 0.05) is 6.21 Å². The third kappa shape index (κ3) is 1.78. The average molecular weight is 209 g/mol. The SMILES string of the molecule is Cc1ccc2c(c1)N=CC(C(F)F)C2C. The molecule has 1 aromatic carbocycles. The van der Waals surface area contributed by atoms with Crippen molar-refractivity contribution in [2.75, 3.05) is 0 Å². The normalized spacial score (nSPS) is 24.3. The largest absolute Gasteiger partial charge is 0.260 e. The van der Waals surface area contributed by atoms with E-state index >= 15 is 0 Å². The van der Waals surface area contributed by atoms with Gasteiger partial charge in [-0.1, -0.05) is 19.1 Å². The smallest absolute Gasteiger partial charge is 0.246 e. The molecule has 0 bridgehead atoms. The van der Waals surface area contributed by atoms with Gasteiger partial charge >= 0.3 is 0 Å². The lowest BCUT2D eigenvalue weighted by Crippen LogP contribution is -2.22. The van der Waals surface area contributed by atoms with Crippen molar-refractivity contribution in [3.63, 3.8) is 0 Å². The highest BCUT2D eigenvalue weighted by molar-refractivity contribution is 5.73. The Bertz CT molecular complexity index is 399. The Morgan fingerprint density at radius 1 is 1.33 bits per heavy atom. The van der Waals surface area contributed by atoms with Gasteiger partial charge in [0.2, 0.25) is 6.43 Å². The number of halogens is 2. The molecular formula is C12H13F2N. The first-order valence-corrected chi connectivity index (χ1v) is 5.02. The highest BCUT2D eigenvalue weighted by atomic mass is 19.3. The summed E-state index contributed by atoms with van der Waals surface area (Å²) in [5, 5.41) is 0. The summed E-state index contributed by atoms with van der Waals surface area (Å²) >= 11 is 0. The van der Waals surface area contributed by atoms with Crippen LogP contribution in [-0.4, -0.2) is 12.6 Å². The van der Waals surface area contributed by atoms with Gasteiger partial charge < -0.3 is 0 Å². The molecule has 1 aromatic rings. The molecule has 0 spiro atoms. The molecule has 0 N–H and O–H groups in total. The fraction of sp³-hybridized carbons (Fsp3) is 0.417. The molecule has 0 radical (unpaired) electrons. The molecule has 0 fully saturated rings. The molecule has 1 heterocycles. The summed E-state index contributed by atoms with van der Waals surface area (Å²) in [5.74, 6) is -0.904. The van der Waals surface area contributed by atoms with E-state index in [1.54, 1.807) is 0 Å². The Labute approximate surface area is 87.8 Å². The number of benzene rings is 1. The topological polar surface area (TPSA) is 12.4 Å². The number of aryl methyl sites for hydroxylation is 1. The van der Waals surface area contributed by atoms with Crippen LogP contribution < -0.4 is 0 Å². The number of aliphatic imine (C=N–C) groups is 1. The van der Waals surface area contributed by atoms with Crippen molar-refractivity contribution in [1.82, 2.24) is 0 Å².